The van der Waals surface area contributed by atoms with E-state index in [0.29, 0.717) is 17.1 Å². The summed E-state index contributed by atoms with van der Waals surface area (Å²) in [5, 5.41) is 0.473. The maximum atomic E-state index is 13.7. The van der Waals surface area contributed by atoms with Gasteiger partial charge in [-0.2, -0.15) is 0 Å². The Labute approximate surface area is 105 Å². The summed E-state index contributed by atoms with van der Waals surface area (Å²) in [4.78, 5) is 0. The van der Waals surface area contributed by atoms with Crippen LogP contribution in [0.5, 0.6) is 0 Å². The number of imidazole rings is 1. The molecule has 90 valence electrons. The zero-order chi connectivity index (χ0) is 12.4. The molecule has 0 saturated carbocycles. The Morgan fingerprint density at radius 1 is 1.41 bits per heavy atom. The maximum absolute atomic E-state index is 13.7. The van der Waals surface area contributed by atoms with E-state index in [0.717, 1.165) is 12.4 Å². The zero-order valence-corrected chi connectivity index (χ0v) is 10.7. The average molecular weight is 254 g/mol. The van der Waals surface area contributed by atoms with E-state index < -0.39 is 0 Å². The summed E-state index contributed by atoms with van der Waals surface area (Å²) in [7, 11) is 0. The van der Waals surface area contributed by atoms with Gasteiger partial charge in [-0.05, 0) is 19.1 Å². The highest BCUT2D eigenvalue weighted by molar-refractivity contribution is 6.31. The average Bonchev–Trinajstić information content (AvgIpc) is 2.65. The third-order valence-electron chi connectivity index (χ3n) is 2.99. The minimum atomic E-state index is -0.256. The SMILES string of the molecule is CCn1cc[n+](Cc2c(F)cccc2Cl)c1C. The summed E-state index contributed by atoms with van der Waals surface area (Å²) in [6.45, 7) is 5.46. The van der Waals surface area contributed by atoms with Gasteiger partial charge in [0, 0.05) is 12.5 Å². The molecular formula is C13H15ClFN2+. The van der Waals surface area contributed by atoms with Crippen molar-refractivity contribution >= 4 is 11.6 Å². The van der Waals surface area contributed by atoms with Gasteiger partial charge in [0.25, 0.3) is 5.82 Å². The fourth-order valence-electron chi connectivity index (χ4n) is 1.90. The second-order valence-corrected chi connectivity index (χ2v) is 4.37. The van der Waals surface area contributed by atoms with Gasteiger partial charge in [-0.1, -0.05) is 17.7 Å². The molecule has 0 aliphatic heterocycles. The van der Waals surface area contributed by atoms with E-state index in [-0.39, 0.29) is 5.82 Å². The molecule has 0 bridgehead atoms. The minimum absolute atomic E-state index is 0.256. The van der Waals surface area contributed by atoms with E-state index in [1.807, 2.05) is 23.9 Å². The quantitative estimate of drug-likeness (QED) is 0.744. The molecule has 0 atom stereocenters. The molecule has 0 unspecified atom stereocenters. The summed E-state index contributed by atoms with van der Waals surface area (Å²) in [6, 6.07) is 4.77. The smallest absolute Gasteiger partial charge is 0.235 e. The fourth-order valence-corrected chi connectivity index (χ4v) is 2.12. The van der Waals surface area contributed by atoms with Crippen LogP contribution in [0.1, 0.15) is 18.3 Å². The van der Waals surface area contributed by atoms with Gasteiger partial charge in [-0.15, -0.1) is 0 Å². The second kappa shape index (κ2) is 4.88. The number of nitrogens with zero attached hydrogens (tertiary/aromatic N) is 2. The first kappa shape index (κ1) is 12.1. The molecule has 2 rings (SSSR count). The Bertz CT molecular complexity index is 514. The van der Waals surface area contributed by atoms with Crippen LogP contribution < -0.4 is 4.57 Å². The van der Waals surface area contributed by atoms with Gasteiger partial charge in [0.1, 0.15) is 24.8 Å². The molecule has 0 amide bonds. The van der Waals surface area contributed by atoms with E-state index in [4.69, 9.17) is 11.6 Å². The monoisotopic (exact) mass is 253 g/mol. The number of hydrogen-bond acceptors (Lipinski definition) is 0. The Balaban J connectivity index is 2.35. The van der Waals surface area contributed by atoms with Crippen LogP contribution >= 0.6 is 11.6 Å². The highest BCUT2D eigenvalue weighted by atomic mass is 35.5. The molecule has 2 aromatic rings. The van der Waals surface area contributed by atoms with E-state index >= 15 is 0 Å². The summed E-state index contributed by atoms with van der Waals surface area (Å²) in [5.41, 5.74) is 0.538. The number of benzene rings is 1. The number of hydrogen-bond donors (Lipinski definition) is 0. The van der Waals surface area contributed by atoms with E-state index in [9.17, 15) is 4.39 Å². The molecule has 0 aliphatic carbocycles. The largest absolute Gasteiger partial charge is 0.253 e. The molecule has 0 fully saturated rings. The topological polar surface area (TPSA) is 8.81 Å². The van der Waals surface area contributed by atoms with Crippen molar-refractivity contribution in [3.05, 3.63) is 52.8 Å². The lowest BCUT2D eigenvalue weighted by Gasteiger charge is -2.04. The lowest BCUT2D eigenvalue weighted by atomic mass is 10.2. The van der Waals surface area contributed by atoms with Crippen LogP contribution in [0.3, 0.4) is 0 Å². The minimum Gasteiger partial charge on any atom is -0.235 e. The summed E-state index contributed by atoms with van der Waals surface area (Å²) in [6.07, 6.45) is 3.94. The van der Waals surface area contributed by atoms with Crippen molar-refractivity contribution in [2.45, 2.75) is 26.9 Å². The lowest BCUT2D eigenvalue weighted by molar-refractivity contribution is -0.694. The van der Waals surface area contributed by atoms with Crippen LogP contribution in [0.2, 0.25) is 5.02 Å². The number of aromatic nitrogens is 2. The number of aryl methyl sites for hydroxylation is 1. The molecular weight excluding hydrogens is 239 g/mol. The van der Waals surface area contributed by atoms with Crippen LogP contribution in [0.25, 0.3) is 0 Å². The third-order valence-corrected chi connectivity index (χ3v) is 3.34. The Hall–Kier alpha value is -1.35. The molecule has 0 aliphatic rings. The van der Waals surface area contributed by atoms with Crippen molar-refractivity contribution in [1.82, 2.24) is 4.57 Å². The van der Waals surface area contributed by atoms with E-state index in [1.54, 1.807) is 12.1 Å². The normalized spacial score (nSPS) is 10.8. The lowest BCUT2D eigenvalue weighted by Crippen LogP contribution is -2.36. The van der Waals surface area contributed by atoms with Gasteiger partial charge in [0.05, 0.1) is 11.6 Å². The van der Waals surface area contributed by atoms with Crippen molar-refractivity contribution in [1.29, 1.82) is 0 Å². The van der Waals surface area contributed by atoms with Crippen LogP contribution in [-0.4, -0.2) is 4.57 Å². The molecule has 0 spiro atoms. The van der Waals surface area contributed by atoms with Crippen LogP contribution in [0, 0.1) is 12.7 Å². The predicted octanol–water partition coefficient (Wildman–Crippen LogP) is 2.94. The van der Waals surface area contributed by atoms with Crippen molar-refractivity contribution < 1.29 is 8.96 Å². The number of rotatable bonds is 3. The highest BCUT2D eigenvalue weighted by Gasteiger charge is 2.15. The number of halogens is 2. The molecule has 0 N–H and O–H groups in total. The Kier molecular flexibility index (Phi) is 3.48. The first-order valence-corrected chi connectivity index (χ1v) is 5.99. The van der Waals surface area contributed by atoms with Crippen molar-refractivity contribution in [3.8, 4) is 0 Å². The molecule has 4 heteroatoms. The predicted molar refractivity (Wildman–Crippen MR) is 65.6 cm³/mol. The Morgan fingerprint density at radius 2 is 2.18 bits per heavy atom. The van der Waals surface area contributed by atoms with Crippen LogP contribution in [0.4, 0.5) is 4.39 Å². The molecule has 1 heterocycles. The van der Waals surface area contributed by atoms with Crippen LogP contribution in [0.15, 0.2) is 30.6 Å². The van der Waals surface area contributed by atoms with E-state index in [1.165, 1.54) is 6.07 Å². The standard InChI is InChI=1S/C13H15ClFN2/c1-3-16-7-8-17(10(16)2)9-11-12(14)5-4-6-13(11)15/h4-8H,3,9H2,1-2H3/q+1. The Morgan fingerprint density at radius 3 is 2.76 bits per heavy atom. The summed E-state index contributed by atoms with van der Waals surface area (Å²) < 4.78 is 17.8. The van der Waals surface area contributed by atoms with Gasteiger partial charge in [0.2, 0.25) is 0 Å². The van der Waals surface area contributed by atoms with Crippen molar-refractivity contribution in [3.63, 3.8) is 0 Å². The molecule has 1 aromatic heterocycles. The van der Waals surface area contributed by atoms with Crippen molar-refractivity contribution in [2.24, 2.45) is 0 Å². The van der Waals surface area contributed by atoms with Gasteiger partial charge in [-0.25, -0.2) is 13.5 Å². The van der Waals surface area contributed by atoms with Gasteiger partial charge < -0.3 is 0 Å². The van der Waals surface area contributed by atoms with Crippen molar-refractivity contribution in [2.75, 3.05) is 0 Å². The van der Waals surface area contributed by atoms with Gasteiger partial charge in [0.15, 0.2) is 0 Å². The fraction of sp³-hybridized carbons (Fsp3) is 0.308. The van der Waals surface area contributed by atoms with Gasteiger partial charge >= 0.3 is 0 Å². The zero-order valence-electron chi connectivity index (χ0n) is 9.95. The third kappa shape index (κ3) is 2.34. The highest BCUT2D eigenvalue weighted by Crippen LogP contribution is 2.18. The van der Waals surface area contributed by atoms with Gasteiger partial charge in [-0.3, -0.25) is 0 Å². The second-order valence-electron chi connectivity index (χ2n) is 3.96. The molecule has 17 heavy (non-hydrogen) atoms. The summed E-state index contributed by atoms with van der Waals surface area (Å²) >= 11 is 6.01. The first-order chi connectivity index (χ1) is 8.13. The van der Waals surface area contributed by atoms with Crippen LogP contribution in [-0.2, 0) is 13.1 Å². The molecule has 0 radical (unpaired) electrons. The molecule has 1 aromatic carbocycles. The summed E-state index contributed by atoms with van der Waals surface area (Å²) in [5.74, 6) is 0.834. The maximum Gasteiger partial charge on any atom is 0.253 e. The first-order valence-electron chi connectivity index (χ1n) is 5.61. The molecule has 0 saturated heterocycles. The molecule has 2 nitrogen and oxygen atoms in total. The van der Waals surface area contributed by atoms with E-state index in [2.05, 4.69) is 11.5 Å².